The largest absolute Gasteiger partial charge is 0.334 e. The topological polar surface area (TPSA) is 107 Å². The lowest BCUT2D eigenvalue weighted by molar-refractivity contribution is -0.137. The molecular weight excluding hydrogens is 525 g/mol. The number of piperidine rings is 2. The molecule has 0 radical (unpaired) electrons. The van der Waals surface area contributed by atoms with E-state index >= 15 is 4.39 Å². The van der Waals surface area contributed by atoms with Crippen molar-refractivity contribution in [2.24, 2.45) is 17.8 Å². The van der Waals surface area contributed by atoms with E-state index in [9.17, 15) is 9.59 Å². The van der Waals surface area contributed by atoms with Gasteiger partial charge in [-0.3, -0.25) is 20.0 Å². The lowest BCUT2D eigenvalue weighted by Gasteiger charge is -2.60. The van der Waals surface area contributed by atoms with Crippen molar-refractivity contribution in [3.63, 3.8) is 0 Å². The van der Waals surface area contributed by atoms with Gasteiger partial charge in [0.15, 0.2) is 0 Å². The molecule has 12 heteroatoms. The second kappa shape index (κ2) is 11.3. The average Bonchev–Trinajstić information content (AvgIpc) is 3.41. The molecule has 6 rings (SSSR count). The van der Waals surface area contributed by atoms with E-state index in [1.165, 1.54) is 6.08 Å². The van der Waals surface area contributed by atoms with Gasteiger partial charge < -0.3 is 25.9 Å². The molecule has 5 N–H and O–H groups in total. The Morgan fingerprint density at radius 2 is 1.95 bits per heavy atom. The molecule has 11 nitrogen and oxygen atoms in total. The molecule has 0 aromatic carbocycles. The second-order valence-electron chi connectivity index (χ2n) is 13.3. The number of halogens is 1. The van der Waals surface area contributed by atoms with Gasteiger partial charge in [-0.1, -0.05) is 20.4 Å². The molecule has 0 spiro atoms. The van der Waals surface area contributed by atoms with E-state index in [-0.39, 0.29) is 54.4 Å². The number of rotatable bonds is 3. The highest BCUT2D eigenvalue weighted by molar-refractivity contribution is 5.87. The number of amides is 3. The molecule has 0 aliphatic carbocycles. The molecule has 6 aliphatic heterocycles. The Balaban J connectivity index is 1.37. The zero-order chi connectivity index (χ0) is 29.0. The van der Waals surface area contributed by atoms with Crippen LogP contribution in [0.2, 0.25) is 0 Å². The molecule has 3 amide bonds. The number of hydrazine groups is 2. The first-order chi connectivity index (χ1) is 19.7. The van der Waals surface area contributed by atoms with E-state index in [1.54, 1.807) is 5.01 Å². The number of carbonyl (C=O) groups is 2. The van der Waals surface area contributed by atoms with Gasteiger partial charge in [-0.15, -0.1) is 5.53 Å². The van der Waals surface area contributed by atoms with E-state index in [0.717, 1.165) is 37.9 Å². The molecule has 4 bridgehead atoms. The Labute approximate surface area is 243 Å². The standard InChI is InChI=1S/C29H48FN9O2/c1-6-23(40)36-13-18(5)37(14-17(36)4)26-21-12-22(30)28-32-27(21)39(29(41)33-26)25-19(10-11-31-24(25)16(2)3)8-7-9-20-15-38(28)35-34-20/h6,15-19,21-22,24-28,31-32,34-35H,1,7-14H2,2-5H3,(H,33,41)/t17-,18+,19?,21?,22?,24?,25?,26?,27?,28?/m1/s1. The van der Waals surface area contributed by atoms with Gasteiger partial charge in [0.25, 0.3) is 0 Å². The van der Waals surface area contributed by atoms with Gasteiger partial charge in [-0.05, 0) is 70.4 Å². The fraction of sp³-hybridized carbons (Fsp3) is 0.793. The average molecular weight is 574 g/mol. The Morgan fingerprint density at radius 3 is 2.71 bits per heavy atom. The summed E-state index contributed by atoms with van der Waals surface area (Å²) in [5, 5.41) is 12.6. The van der Waals surface area contributed by atoms with E-state index in [2.05, 4.69) is 64.1 Å². The second-order valence-corrected chi connectivity index (χ2v) is 13.3. The SMILES string of the molecule is C=CC(=O)N1C[C@H](C)N(C2NC(=O)N3C4NC(C(F)CC42)N2C=C(CCCC4CCNC(C(C)C)C43)NN2)C[C@H]1C. The normalized spacial score (nSPS) is 41.5. The Morgan fingerprint density at radius 1 is 1.15 bits per heavy atom. The summed E-state index contributed by atoms with van der Waals surface area (Å²) in [6, 6.07) is 0.0183. The minimum Gasteiger partial charge on any atom is -0.334 e. The lowest BCUT2D eigenvalue weighted by Crippen LogP contribution is -2.80. The number of nitrogens with zero attached hydrogens (tertiary/aromatic N) is 4. The molecule has 10 atom stereocenters. The number of fused-ring (bicyclic) bond motifs is 5. The number of allylic oxidation sites excluding steroid dienone is 1. The summed E-state index contributed by atoms with van der Waals surface area (Å²) in [5.41, 5.74) is 7.47. The third-order valence-corrected chi connectivity index (χ3v) is 10.4. The lowest BCUT2D eigenvalue weighted by atomic mass is 9.76. The summed E-state index contributed by atoms with van der Waals surface area (Å²) in [5.74, 6) is 0.443. The van der Waals surface area contributed by atoms with Crippen LogP contribution >= 0.6 is 0 Å². The van der Waals surface area contributed by atoms with Crippen molar-refractivity contribution in [2.45, 2.75) is 109 Å². The van der Waals surface area contributed by atoms with Crippen molar-refractivity contribution in [3.05, 3.63) is 24.6 Å². The van der Waals surface area contributed by atoms with Crippen LogP contribution in [-0.4, -0.2) is 100 Å². The highest BCUT2D eigenvalue weighted by atomic mass is 19.1. The molecule has 0 saturated carbocycles. The van der Waals surface area contributed by atoms with Crippen LogP contribution in [0, 0.1) is 17.8 Å². The molecule has 228 valence electrons. The van der Waals surface area contributed by atoms with Gasteiger partial charge in [0.05, 0.1) is 18.4 Å². The maximum Gasteiger partial charge on any atom is 0.320 e. The highest BCUT2D eigenvalue weighted by Crippen LogP contribution is 2.40. The van der Waals surface area contributed by atoms with Crippen LogP contribution in [0.4, 0.5) is 9.18 Å². The number of nitrogens with one attached hydrogen (secondary N) is 5. The van der Waals surface area contributed by atoms with Crippen LogP contribution in [0.1, 0.15) is 59.8 Å². The molecule has 4 saturated heterocycles. The van der Waals surface area contributed by atoms with Gasteiger partial charge in [0, 0.05) is 49.0 Å². The zero-order valence-electron chi connectivity index (χ0n) is 24.9. The highest BCUT2D eigenvalue weighted by Gasteiger charge is 2.56. The maximum absolute atomic E-state index is 16.2. The minimum absolute atomic E-state index is 0.00176. The van der Waals surface area contributed by atoms with Gasteiger partial charge in [-0.2, -0.15) is 0 Å². The van der Waals surface area contributed by atoms with Crippen LogP contribution in [0.15, 0.2) is 24.6 Å². The van der Waals surface area contributed by atoms with E-state index in [1.807, 2.05) is 18.0 Å². The number of carbonyl (C=O) groups excluding carboxylic acids is 2. The third-order valence-electron chi connectivity index (χ3n) is 10.4. The van der Waals surface area contributed by atoms with E-state index in [0.29, 0.717) is 31.3 Å². The van der Waals surface area contributed by atoms with Crippen LogP contribution in [-0.2, 0) is 4.79 Å². The number of piperazine rings is 1. The molecular formula is C29H48FN9O2. The van der Waals surface area contributed by atoms with Crippen LogP contribution in [0.3, 0.4) is 0 Å². The monoisotopic (exact) mass is 573 g/mol. The fourth-order valence-electron chi connectivity index (χ4n) is 8.38. The molecule has 8 unspecified atom stereocenters. The van der Waals surface area contributed by atoms with Crippen molar-refractivity contribution >= 4 is 11.9 Å². The Kier molecular flexibility index (Phi) is 7.94. The number of urea groups is 1. The molecule has 6 aliphatic rings. The molecule has 0 aromatic rings. The first kappa shape index (κ1) is 28.7. The summed E-state index contributed by atoms with van der Waals surface area (Å²) in [6.07, 6.45) is 5.15. The van der Waals surface area contributed by atoms with Crippen LogP contribution in [0.5, 0.6) is 0 Å². The molecule has 0 aromatic heterocycles. The summed E-state index contributed by atoms with van der Waals surface area (Å²) < 4.78 is 16.2. The molecule has 41 heavy (non-hydrogen) atoms. The quantitative estimate of drug-likeness (QED) is 0.323. The van der Waals surface area contributed by atoms with Gasteiger partial charge in [0.2, 0.25) is 5.91 Å². The first-order valence-electron chi connectivity index (χ1n) is 15.6. The van der Waals surface area contributed by atoms with Crippen molar-refractivity contribution in [2.75, 3.05) is 19.6 Å². The maximum atomic E-state index is 16.2. The van der Waals surface area contributed by atoms with Crippen molar-refractivity contribution in [1.29, 1.82) is 0 Å². The molecule has 6 heterocycles. The minimum atomic E-state index is -1.15. The Bertz CT molecular complexity index is 1060. The number of alkyl halides is 1. The van der Waals surface area contributed by atoms with Crippen molar-refractivity contribution in [1.82, 2.24) is 46.6 Å². The van der Waals surface area contributed by atoms with Crippen molar-refractivity contribution in [3.8, 4) is 0 Å². The van der Waals surface area contributed by atoms with E-state index in [4.69, 9.17) is 0 Å². The van der Waals surface area contributed by atoms with Crippen molar-refractivity contribution < 1.29 is 14.0 Å². The summed E-state index contributed by atoms with van der Waals surface area (Å²) in [7, 11) is 0. The van der Waals surface area contributed by atoms with Crippen LogP contribution in [0.25, 0.3) is 0 Å². The van der Waals surface area contributed by atoms with Gasteiger partial charge in [0.1, 0.15) is 12.3 Å². The number of hydrogen-bond acceptors (Lipinski definition) is 8. The predicted octanol–water partition coefficient (Wildman–Crippen LogP) is 1.40. The third kappa shape index (κ3) is 5.10. The Hall–Kier alpha value is -2.41. The fourth-order valence-corrected chi connectivity index (χ4v) is 8.38. The predicted molar refractivity (Wildman–Crippen MR) is 154 cm³/mol. The van der Waals surface area contributed by atoms with Gasteiger partial charge >= 0.3 is 6.03 Å². The first-order valence-corrected chi connectivity index (χ1v) is 15.6. The summed E-state index contributed by atoms with van der Waals surface area (Å²) >= 11 is 0. The summed E-state index contributed by atoms with van der Waals surface area (Å²) in [4.78, 5) is 33.0. The van der Waals surface area contributed by atoms with Crippen LogP contribution < -0.4 is 26.9 Å². The van der Waals surface area contributed by atoms with Gasteiger partial charge in [-0.25, -0.2) is 9.18 Å². The number of hydrogen-bond donors (Lipinski definition) is 5. The van der Waals surface area contributed by atoms with E-state index < -0.39 is 12.3 Å². The molecule has 4 fully saturated rings. The zero-order valence-corrected chi connectivity index (χ0v) is 24.9. The summed E-state index contributed by atoms with van der Waals surface area (Å²) in [6.45, 7) is 14.3. The smallest absolute Gasteiger partial charge is 0.320 e.